The number of aromatic amines is 1. The summed E-state index contributed by atoms with van der Waals surface area (Å²) in [6.07, 6.45) is 5.42. The van der Waals surface area contributed by atoms with Crippen LogP contribution in [-0.2, 0) is 0 Å². The summed E-state index contributed by atoms with van der Waals surface area (Å²) in [4.78, 5) is 13.2. The molecule has 0 unspecified atom stereocenters. The maximum absolute atomic E-state index is 16.2. The number of nitrogens with one attached hydrogen (secondary N) is 1. The summed E-state index contributed by atoms with van der Waals surface area (Å²) in [6, 6.07) is 4.57. The molecule has 4 aromatic rings. The lowest BCUT2D eigenvalue weighted by molar-refractivity contribution is 0.264. The minimum absolute atomic E-state index is 0.0484. The summed E-state index contributed by atoms with van der Waals surface area (Å²) in [6.45, 7) is 2.84. The minimum Gasteiger partial charge on any atom is -0.463 e. The summed E-state index contributed by atoms with van der Waals surface area (Å²) in [5, 5.41) is 7.79. The Morgan fingerprint density at radius 3 is 2.66 bits per heavy atom. The third kappa shape index (κ3) is 4.62. The van der Waals surface area contributed by atoms with Crippen molar-refractivity contribution in [2.45, 2.75) is 25.7 Å². The van der Waals surface area contributed by atoms with Crippen LogP contribution in [0.25, 0.3) is 32.9 Å². The van der Waals surface area contributed by atoms with Gasteiger partial charge in [0, 0.05) is 41.5 Å². The smallest absolute Gasteiger partial charge is 0.319 e. The third-order valence-corrected chi connectivity index (χ3v) is 6.60. The van der Waals surface area contributed by atoms with Gasteiger partial charge >= 0.3 is 6.01 Å². The van der Waals surface area contributed by atoms with Gasteiger partial charge in [-0.15, -0.1) is 0 Å². The molecular weight excluding hydrogens is 474 g/mol. The lowest BCUT2D eigenvalue weighted by atomic mass is 9.98. The first kappa shape index (κ1) is 23.7. The van der Waals surface area contributed by atoms with Crippen molar-refractivity contribution in [3.05, 3.63) is 41.1 Å². The molecule has 0 saturated carbocycles. The highest BCUT2D eigenvalue weighted by Crippen LogP contribution is 2.42. The zero-order valence-corrected chi connectivity index (χ0v) is 20.5. The number of anilines is 1. The lowest BCUT2D eigenvalue weighted by Crippen LogP contribution is -2.30. The van der Waals surface area contributed by atoms with E-state index in [1.165, 1.54) is 12.3 Å². The fourth-order valence-electron chi connectivity index (χ4n) is 4.59. The molecule has 1 N–H and O–H groups in total. The van der Waals surface area contributed by atoms with Crippen molar-refractivity contribution in [3.63, 3.8) is 0 Å². The van der Waals surface area contributed by atoms with Crippen LogP contribution in [0, 0.1) is 11.6 Å². The SMILES string of the molecule is CN(C)CCCOc1nc(N2CCCCC2)c2cc(Cl)c(-c3c(F)ccc4[nH]ncc34)c(F)c2n1. The number of hydrogen-bond donors (Lipinski definition) is 1. The van der Waals surface area contributed by atoms with Gasteiger partial charge in [-0.2, -0.15) is 15.1 Å². The Kier molecular flexibility index (Phi) is 6.71. The quantitative estimate of drug-likeness (QED) is 0.341. The largest absolute Gasteiger partial charge is 0.463 e. The van der Waals surface area contributed by atoms with Crippen LogP contribution in [0.2, 0.25) is 5.02 Å². The Bertz CT molecular complexity index is 1370. The molecule has 1 aliphatic rings. The van der Waals surface area contributed by atoms with Crippen molar-refractivity contribution in [1.82, 2.24) is 25.1 Å². The lowest BCUT2D eigenvalue weighted by Gasteiger charge is -2.29. The number of aromatic nitrogens is 4. The van der Waals surface area contributed by atoms with Crippen LogP contribution >= 0.6 is 11.6 Å². The summed E-state index contributed by atoms with van der Waals surface area (Å²) in [7, 11) is 3.97. The highest BCUT2D eigenvalue weighted by atomic mass is 35.5. The van der Waals surface area contributed by atoms with Gasteiger partial charge in [-0.25, -0.2) is 8.78 Å². The molecule has 1 fully saturated rings. The van der Waals surface area contributed by atoms with Crippen LogP contribution < -0.4 is 9.64 Å². The maximum Gasteiger partial charge on any atom is 0.319 e. The Hall–Kier alpha value is -3.04. The maximum atomic E-state index is 16.2. The number of nitrogens with zero attached hydrogens (tertiary/aromatic N) is 5. The van der Waals surface area contributed by atoms with Gasteiger partial charge in [0.15, 0.2) is 5.82 Å². The van der Waals surface area contributed by atoms with Gasteiger partial charge in [0.2, 0.25) is 0 Å². The molecule has 0 bridgehead atoms. The predicted octanol–water partition coefficient (Wildman–Crippen LogP) is 5.43. The predicted molar refractivity (Wildman–Crippen MR) is 134 cm³/mol. The van der Waals surface area contributed by atoms with Crippen molar-refractivity contribution in [1.29, 1.82) is 0 Å². The molecule has 3 heterocycles. The highest BCUT2D eigenvalue weighted by molar-refractivity contribution is 6.35. The van der Waals surface area contributed by atoms with Crippen molar-refractivity contribution in [2.24, 2.45) is 0 Å². The average Bonchev–Trinajstić information content (AvgIpc) is 3.32. The highest BCUT2D eigenvalue weighted by Gasteiger charge is 2.26. The molecule has 2 aromatic heterocycles. The standard InChI is InChI=1S/C25H27ClF2N6O/c1-33(2)9-6-12-35-25-30-23-15(24(31-25)34-10-4-3-5-11-34)13-17(26)21(22(23)28)20-16-14-29-32-19(16)8-7-18(20)27/h7-8,13-14H,3-6,9-12H2,1-2H3,(H,29,32). The fourth-order valence-corrected chi connectivity index (χ4v) is 4.88. The normalized spacial score (nSPS) is 14.4. The van der Waals surface area contributed by atoms with Crippen molar-refractivity contribution in [2.75, 3.05) is 45.2 Å². The van der Waals surface area contributed by atoms with E-state index in [1.807, 2.05) is 14.1 Å². The molecule has 184 valence electrons. The van der Waals surface area contributed by atoms with E-state index in [2.05, 4.69) is 30.0 Å². The monoisotopic (exact) mass is 500 g/mol. The fraction of sp³-hybridized carbons (Fsp3) is 0.400. The molecular formula is C25H27ClF2N6O. The van der Waals surface area contributed by atoms with Crippen LogP contribution in [0.15, 0.2) is 24.4 Å². The molecule has 35 heavy (non-hydrogen) atoms. The first-order chi connectivity index (χ1) is 16.9. The molecule has 7 nitrogen and oxygen atoms in total. The van der Waals surface area contributed by atoms with Gasteiger partial charge in [0.1, 0.15) is 17.2 Å². The zero-order valence-electron chi connectivity index (χ0n) is 19.7. The summed E-state index contributed by atoms with van der Waals surface area (Å²) >= 11 is 6.62. The summed E-state index contributed by atoms with van der Waals surface area (Å²) in [5.41, 5.74) is 0.638. The van der Waals surface area contributed by atoms with E-state index < -0.39 is 11.6 Å². The van der Waals surface area contributed by atoms with E-state index in [0.717, 1.165) is 45.3 Å². The number of fused-ring (bicyclic) bond motifs is 2. The van der Waals surface area contributed by atoms with E-state index in [4.69, 9.17) is 16.3 Å². The zero-order chi connectivity index (χ0) is 24.5. The Labute approximate surface area is 207 Å². The minimum atomic E-state index is -0.709. The van der Waals surface area contributed by atoms with E-state index in [0.29, 0.717) is 28.7 Å². The van der Waals surface area contributed by atoms with E-state index in [1.54, 1.807) is 12.1 Å². The molecule has 0 radical (unpaired) electrons. The molecule has 1 aliphatic heterocycles. The van der Waals surface area contributed by atoms with Gasteiger partial charge in [0.25, 0.3) is 0 Å². The van der Waals surface area contributed by atoms with Crippen LogP contribution in [-0.4, -0.2) is 65.4 Å². The van der Waals surface area contributed by atoms with Gasteiger partial charge in [0.05, 0.1) is 23.3 Å². The molecule has 0 aliphatic carbocycles. The van der Waals surface area contributed by atoms with Crippen LogP contribution in [0.4, 0.5) is 14.6 Å². The van der Waals surface area contributed by atoms with Crippen molar-refractivity contribution in [3.8, 4) is 17.1 Å². The summed E-state index contributed by atoms with van der Waals surface area (Å²) in [5.74, 6) is -0.713. The Morgan fingerprint density at radius 1 is 1.09 bits per heavy atom. The third-order valence-electron chi connectivity index (χ3n) is 6.30. The molecule has 0 amide bonds. The molecule has 0 atom stereocenters. The average molecular weight is 501 g/mol. The van der Waals surface area contributed by atoms with Crippen molar-refractivity contribution >= 4 is 39.2 Å². The topological polar surface area (TPSA) is 70.2 Å². The molecule has 1 saturated heterocycles. The number of H-pyrrole nitrogens is 1. The van der Waals surface area contributed by atoms with Gasteiger partial charge in [-0.3, -0.25) is 5.10 Å². The van der Waals surface area contributed by atoms with E-state index in [9.17, 15) is 0 Å². The Balaban J connectivity index is 1.67. The number of hydrogen-bond acceptors (Lipinski definition) is 6. The molecule has 5 rings (SSSR count). The number of piperidine rings is 1. The first-order valence-corrected chi connectivity index (χ1v) is 12.2. The number of ether oxygens (including phenoxy) is 1. The second-order valence-electron chi connectivity index (χ2n) is 9.08. The van der Waals surface area contributed by atoms with E-state index >= 15 is 8.78 Å². The van der Waals surface area contributed by atoms with Crippen molar-refractivity contribution < 1.29 is 13.5 Å². The second kappa shape index (κ2) is 9.91. The van der Waals surface area contributed by atoms with Gasteiger partial charge < -0.3 is 14.5 Å². The number of rotatable bonds is 7. The van der Waals surface area contributed by atoms with E-state index in [-0.39, 0.29) is 27.7 Å². The molecule has 10 heteroatoms. The molecule has 0 spiro atoms. The van der Waals surface area contributed by atoms with Crippen LogP contribution in [0.3, 0.4) is 0 Å². The second-order valence-corrected chi connectivity index (χ2v) is 9.49. The van der Waals surface area contributed by atoms with Crippen LogP contribution in [0.1, 0.15) is 25.7 Å². The molecule has 2 aromatic carbocycles. The Morgan fingerprint density at radius 2 is 1.89 bits per heavy atom. The van der Waals surface area contributed by atoms with Gasteiger partial charge in [-0.1, -0.05) is 11.6 Å². The van der Waals surface area contributed by atoms with Crippen LogP contribution in [0.5, 0.6) is 6.01 Å². The number of halogens is 3. The number of benzene rings is 2. The van der Waals surface area contributed by atoms with Gasteiger partial charge in [-0.05, 0) is 58.0 Å². The summed E-state index contributed by atoms with van der Waals surface area (Å²) < 4.78 is 37.1. The first-order valence-electron chi connectivity index (χ1n) is 11.8.